The van der Waals surface area contributed by atoms with Crippen LogP contribution in [0.1, 0.15) is 5.56 Å². The molecule has 1 nitrogen and oxygen atoms in total. The van der Waals surface area contributed by atoms with E-state index in [1.165, 1.54) is 6.07 Å². The fourth-order valence-electron chi connectivity index (χ4n) is 1.08. The van der Waals surface area contributed by atoms with Crippen LogP contribution >= 0.6 is 39.0 Å². The Labute approximate surface area is 104 Å². The second kappa shape index (κ2) is 5.09. The van der Waals surface area contributed by atoms with E-state index < -0.39 is 0 Å². The van der Waals surface area contributed by atoms with E-state index in [1.807, 2.05) is 11.4 Å². The highest BCUT2D eigenvalue weighted by molar-refractivity contribution is 9.10. The quantitative estimate of drug-likeness (QED) is 0.783. The summed E-state index contributed by atoms with van der Waals surface area (Å²) in [6.45, 7) is 0. The van der Waals surface area contributed by atoms with Gasteiger partial charge in [-0.15, -0.1) is 11.3 Å². The van der Waals surface area contributed by atoms with Crippen molar-refractivity contribution in [3.63, 3.8) is 0 Å². The van der Waals surface area contributed by atoms with Gasteiger partial charge in [-0.25, -0.2) is 9.37 Å². The highest BCUT2D eigenvalue weighted by Gasteiger charge is 2.06. The second-order valence-corrected chi connectivity index (χ2v) is 5.71. The van der Waals surface area contributed by atoms with Crippen LogP contribution in [0.3, 0.4) is 0 Å². The van der Waals surface area contributed by atoms with Crippen molar-refractivity contribution in [1.82, 2.24) is 4.98 Å². The molecule has 0 fully saturated rings. The van der Waals surface area contributed by atoms with Gasteiger partial charge in [0.15, 0.2) is 0 Å². The standard InChI is InChI=1S/C10H7BrFNS2/c11-9-7(2-1-3-8(9)12)6-15-10-13-4-5-14-10/h1-5H,6H2. The first-order valence-corrected chi connectivity index (χ1v) is 6.88. The van der Waals surface area contributed by atoms with Gasteiger partial charge < -0.3 is 0 Å². The minimum atomic E-state index is -0.216. The summed E-state index contributed by atoms with van der Waals surface area (Å²) in [6.07, 6.45) is 1.77. The molecule has 0 spiro atoms. The van der Waals surface area contributed by atoms with Gasteiger partial charge in [-0.05, 0) is 27.6 Å². The Hall–Kier alpha value is -0.390. The molecule has 5 heteroatoms. The van der Waals surface area contributed by atoms with Crippen molar-refractivity contribution in [3.8, 4) is 0 Å². The molecule has 0 bridgehead atoms. The molecule has 0 N–H and O–H groups in total. The van der Waals surface area contributed by atoms with Crippen molar-refractivity contribution >= 4 is 39.0 Å². The number of hydrogen-bond donors (Lipinski definition) is 0. The summed E-state index contributed by atoms with van der Waals surface area (Å²) < 4.78 is 14.7. The number of thiazole rings is 1. The van der Waals surface area contributed by atoms with Gasteiger partial charge in [0.1, 0.15) is 10.2 Å². The van der Waals surface area contributed by atoms with Crippen molar-refractivity contribution in [2.24, 2.45) is 0 Å². The smallest absolute Gasteiger partial charge is 0.150 e. The van der Waals surface area contributed by atoms with Crippen LogP contribution < -0.4 is 0 Å². The molecule has 0 aliphatic heterocycles. The highest BCUT2D eigenvalue weighted by Crippen LogP contribution is 2.29. The van der Waals surface area contributed by atoms with Crippen molar-refractivity contribution in [3.05, 3.63) is 45.6 Å². The first-order chi connectivity index (χ1) is 7.27. The molecule has 0 amide bonds. The Bertz CT molecular complexity index is 445. The molecule has 1 heterocycles. The van der Waals surface area contributed by atoms with Crippen LogP contribution in [-0.4, -0.2) is 4.98 Å². The molecule has 1 aromatic heterocycles. The third-order valence-electron chi connectivity index (χ3n) is 1.79. The SMILES string of the molecule is Fc1cccc(CSc2nccs2)c1Br. The van der Waals surface area contributed by atoms with E-state index in [2.05, 4.69) is 20.9 Å². The molecule has 0 aliphatic carbocycles. The predicted octanol–water partition coefficient (Wildman–Crippen LogP) is 4.34. The van der Waals surface area contributed by atoms with Gasteiger partial charge in [0, 0.05) is 17.3 Å². The van der Waals surface area contributed by atoms with Gasteiger partial charge >= 0.3 is 0 Å². The van der Waals surface area contributed by atoms with Crippen molar-refractivity contribution in [1.29, 1.82) is 0 Å². The molecule has 2 aromatic rings. The Morgan fingerprint density at radius 3 is 3.07 bits per heavy atom. The lowest BCUT2D eigenvalue weighted by Gasteiger charge is -2.03. The summed E-state index contributed by atoms with van der Waals surface area (Å²) >= 11 is 6.45. The average Bonchev–Trinajstić information content (AvgIpc) is 2.73. The van der Waals surface area contributed by atoms with Crippen LogP contribution in [0.15, 0.2) is 38.6 Å². The number of nitrogens with zero attached hydrogens (tertiary/aromatic N) is 1. The van der Waals surface area contributed by atoms with Gasteiger partial charge in [-0.1, -0.05) is 23.9 Å². The minimum absolute atomic E-state index is 0.216. The molecular weight excluding hydrogens is 297 g/mol. The summed E-state index contributed by atoms with van der Waals surface area (Å²) in [7, 11) is 0. The van der Waals surface area contributed by atoms with Gasteiger partial charge in [-0.3, -0.25) is 0 Å². The second-order valence-electron chi connectivity index (χ2n) is 2.80. The van der Waals surface area contributed by atoms with Crippen molar-refractivity contribution < 1.29 is 4.39 Å². The number of aromatic nitrogens is 1. The molecule has 78 valence electrons. The molecule has 0 saturated carbocycles. The third kappa shape index (κ3) is 2.80. The average molecular weight is 304 g/mol. The molecule has 0 atom stereocenters. The largest absolute Gasteiger partial charge is 0.238 e. The number of halogens is 2. The van der Waals surface area contributed by atoms with Crippen LogP contribution in [0, 0.1) is 5.82 Å². The number of rotatable bonds is 3. The van der Waals surface area contributed by atoms with Crippen molar-refractivity contribution in [2.75, 3.05) is 0 Å². The molecule has 0 radical (unpaired) electrons. The summed E-state index contributed by atoms with van der Waals surface area (Å²) in [6, 6.07) is 5.08. The lowest BCUT2D eigenvalue weighted by Crippen LogP contribution is -1.86. The lowest BCUT2D eigenvalue weighted by atomic mass is 10.2. The molecule has 0 aliphatic rings. The fraction of sp³-hybridized carbons (Fsp3) is 0.100. The normalized spacial score (nSPS) is 10.5. The summed E-state index contributed by atoms with van der Waals surface area (Å²) in [5.41, 5.74) is 0.954. The van der Waals surface area contributed by atoms with Crippen LogP contribution in [0.2, 0.25) is 0 Å². The summed E-state index contributed by atoms with van der Waals surface area (Å²) in [5, 5.41) is 1.93. The van der Waals surface area contributed by atoms with E-state index in [9.17, 15) is 4.39 Å². The van der Waals surface area contributed by atoms with Crippen LogP contribution in [0.25, 0.3) is 0 Å². The van der Waals surface area contributed by atoms with E-state index in [1.54, 1.807) is 35.4 Å². The van der Waals surface area contributed by atoms with E-state index in [0.717, 1.165) is 15.7 Å². The molecule has 15 heavy (non-hydrogen) atoms. The maximum absolute atomic E-state index is 13.2. The zero-order chi connectivity index (χ0) is 10.7. The Kier molecular flexibility index (Phi) is 3.77. The molecular formula is C10H7BrFNS2. The molecule has 0 saturated heterocycles. The summed E-state index contributed by atoms with van der Waals surface area (Å²) in [4.78, 5) is 4.16. The third-order valence-corrected chi connectivity index (χ3v) is 4.70. The van der Waals surface area contributed by atoms with Crippen molar-refractivity contribution in [2.45, 2.75) is 10.1 Å². The predicted molar refractivity (Wildman–Crippen MR) is 65.8 cm³/mol. The van der Waals surface area contributed by atoms with E-state index in [4.69, 9.17) is 0 Å². The van der Waals surface area contributed by atoms with Gasteiger partial charge in [0.2, 0.25) is 0 Å². The molecule has 1 aromatic carbocycles. The number of hydrogen-bond acceptors (Lipinski definition) is 3. The van der Waals surface area contributed by atoms with Gasteiger partial charge in [-0.2, -0.15) is 0 Å². The van der Waals surface area contributed by atoms with Crippen LogP contribution in [0.4, 0.5) is 4.39 Å². The zero-order valence-electron chi connectivity index (χ0n) is 7.61. The molecule has 2 rings (SSSR count). The van der Waals surface area contributed by atoms with E-state index >= 15 is 0 Å². The Balaban J connectivity index is 2.08. The maximum Gasteiger partial charge on any atom is 0.150 e. The zero-order valence-corrected chi connectivity index (χ0v) is 10.8. The first-order valence-electron chi connectivity index (χ1n) is 4.22. The van der Waals surface area contributed by atoms with Gasteiger partial charge in [0.25, 0.3) is 0 Å². The number of benzene rings is 1. The van der Waals surface area contributed by atoms with Crippen LogP contribution in [0.5, 0.6) is 0 Å². The lowest BCUT2D eigenvalue weighted by molar-refractivity contribution is 0.619. The monoisotopic (exact) mass is 303 g/mol. The Morgan fingerprint density at radius 1 is 1.47 bits per heavy atom. The van der Waals surface area contributed by atoms with Crippen LogP contribution in [-0.2, 0) is 5.75 Å². The highest BCUT2D eigenvalue weighted by atomic mass is 79.9. The minimum Gasteiger partial charge on any atom is -0.238 e. The van der Waals surface area contributed by atoms with E-state index in [0.29, 0.717) is 4.47 Å². The first kappa shape index (κ1) is 11.1. The fourth-order valence-corrected chi connectivity index (χ4v) is 3.30. The van der Waals surface area contributed by atoms with E-state index in [-0.39, 0.29) is 5.82 Å². The maximum atomic E-state index is 13.2. The Morgan fingerprint density at radius 2 is 2.33 bits per heavy atom. The molecule has 0 unspecified atom stereocenters. The number of thioether (sulfide) groups is 1. The summed E-state index contributed by atoms with van der Waals surface area (Å²) in [5.74, 6) is 0.513. The topological polar surface area (TPSA) is 12.9 Å². The van der Waals surface area contributed by atoms with Gasteiger partial charge in [0.05, 0.1) is 4.47 Å².